The van der Waals surface area contributed by atoms with Crippen LogP contribution in [0.5, 0.6) is 0 Å². The molecule has 0 radical (unpaired) electrons. The van der Waals surface area contributed by atoms with Crippen molar-refractivity contribution in [2.75, 3.05) is 18.4 Å². The zero-order chi connectivity index (χ0) is 17.3. The Hall–Kier alpha value is -2.01. The molecule has 0 unspecified atom stereocenters. The topological polar surface area (TPSA) is 54.5 Å². The van der Waals surface area contributed by atoms with Crippen molar-refractivity contribution < 1.29 is 9.53 Å². The van der Waals surface area contributed by atoms with Crippen molar-refractivity contribution in [3.05, 3.63) is 35.5 Å². The standard InChI is InChI=1S/C18H22ClN3O2/c1-18(2,3)24-17(23)22-9-8-14(11-22)20-13-5-6-15-12(10-13)4-7-16(19)21-15/h4-7,10,14,20H,8-9,11H2,1-3H3/t14-/m1/s1. The second kappa shape index (κ2) is 6.48. The number of benzene rings is 1. The number of pyridine rings is 1. The number of ether oxygens (including phenoxy) is 1. The van der Waals surface area contributed by atoms with E-state index in [9.17, 15) is 4.79 Å². The van der Waals surface area contributed by atoms with Gasteiger partial charge in [0.05, 0.1) is 5.52 Å². The molecule has 0 spiro atoms. The van der Waals surface area contributed by atoms with Crippen LogP contribution in [-0.4, -0.2) is 40.7 Å². The van der Waals surface area contributed by atoms with Gasteiger partial charge in [-0.25, -0.2) is 9.78 Å². The van der Waals surface area contributed by atoms with Crippen LogP contribution < -0.4 is 5.32 Å². The molecule has 2 aromatic rings. The smallest absolute Gasteiger partial charge is 0.410 e. The number of nitrogens with zero attached hydrogens (tertiary/aromatic N) is 2. The summed E-state index contributed by atoms with van der Waals surface area (Å²) in [6, 6.07) is 9.95. The number of anilines is 1. The van der Waals surface area contributed by atoms with Crippen molar-refractivity contribution in [2.24, 2.45) is 0 Å². The molecule has 1 aliphatic heterocycles. The van der Waals surface area contributed by atoms with Gasteiger partial charge < -0.3 is 15.0 Å². The predicted octanol–water partition coefficient (Wildman–Crippen LogP) is 4.31. The van der Waals surface area contributed by atoms with Gasteiger partial charge in [-0.15, -0.1) is 0 Å². The molecule has 1 aromatic heterocycles. The summed E-state index contributed by atoms with van der Waals surface area (Å²) < 4.78 is 5.43. The van der Waals surface area contributed by atoms with E-state index in [1.54, 1.807) is 11.0 Å². The highest BCUT2D eigenvalue weighted by molar-refractivity contribution is 6.29. The fourth-order valence-corrected chi connectivity index (χ4v) is 2.95. The van der Waals surface area contributed by atoms with Crippen LogP contribution >= 0.6 is 11.6 Å². The fourth-order valence-electron chi connectivity index (χ4n) is 2.80. The Morgan fingerprint density at radius 2 is 2.12 bits per heavy atom. The zero-order valence-electron chi connectivity index (χ0n) is 14.2. The first-order valence-electron chi connectivity index (χ1n) is 8.11. The third-order valence-electron chi connectivity index (χ3n) is 3.87. The number of carbonyl (C=O) groups is 1. The van der Waals surface area contributed by atoms with Gasteiger partial charge in [0, 0.05) is 30.2 Å². The fraction of sp³-hybridized carbons (Fsp3) is 0.444. The number of amides is 1. The van der Waals surface area contributed by atoms with E-state index in [1.165, 1.54) is 0 Å². The van der Waals surface area contributed by atoms with Crippen LogP contribution in [0.2, 0.25) is 5.15 Å². The van der Waals surface area contributed by atoms with Gasteiger partial charge in [-0.05, 0) is 57.5 Å². The number of halogens is 1. The number of fused-ring (bicyclic) bond motifs is 1. The number of hydrogen-bond acceptors (Lipinski definition) is 4. The van der Waals surface area contributed by atoms with E-state index in [4.69, 9.17) is 16.3 Å². The molecule has 0 saturated carbocycles. The maximum Gasteiger partial charge on any atom is 0.410 e. The van der Waals surface area contributed by atoms with Crippen molar-refractivity contribution in [3.63, 3.8) is 0 Å². The number of hydrogen-bond donors (Lipinski definition) is 1. The molecule has 1 saturated heterocycles. The number of nitrogens with one attached hydrogen (secondary N) is 1. The molecule has 1 aromatic carbocycles. The molecule has 3 rings (SSSR count). The molecule has 2 heterocycles. The molecule has 1 amide bonds. The molecular weight excluding hydrogens is 326 g/mol. The van der Waals surface area contributed by atoms with Gasteiger partial charge in [0.25, 0.3) is 0 Å². The highest BCUT2D eigenvalue weighted by Gasteiger charge is 2.29. The van der Waals surface area contributed by atoms with Gasteiger partial charge in [-0.3, -0.25) is 0 Å². The molecule has 0 aliphatic carbocycles. The minimum atomic E-state index is -0.463. The summed E-state index contributed by atoms with van der Waals surface area (Å²) in [4.78, 5) is 18.2. The number of carbonyl (C=O) groups excluding carboxylic acids is 1. The van der Waals surface area contributed by atoms with Gasteiger partial charge in [-0.2, -0.15) is 0 Å². The largest absolute Gasteiger partial charge is 0.444 e. The van der Waals surface area contributed by atoms with E-state index in [1.807, 2.05) is 39.0 Å². The SMILES string of the molecule is CC(C)(C)OC(=O)N1CC[C@@H](Nc2ccc3nc(Cl)ccc3c2)C1. The van der Waals surface area contributed by atoms with E-state index in [-0.39, 0.29) is 12.1 Å². The third kappa shape index (κ3) is 4.09. The van der Waals surface area contributed by atoms with Gasteiger partial charge in [0.2, 0.25) is 0 Å². The summed E-state index contributed by atoms with van der Waals surface area (Å²) in [5.41, 5.74) is 1.42. The van der Waals surface area contributed by atoms with E-state index in [0.717, 1.165) is 23.0 Å². The van der Waals surface area contributed by atoms with Gasteiger partial charge in [-0.1, -0.05) is 11.6 Å². The van der Waals surface area contributed by atoms with Crippen LogP contribution in [-0.2, 0) is 4.74 Å². The van der Waals surface area contributed by atoms with E-state index in [0.29, 0.717) is 18.2 Å². The van der Waals surface area contributed by atoms with Gasteiger partial charge in [0.15, 0.2) is 0 Å². The van der Waals surface area contributed by atoms with Crippen molar-refractivity contribution in [1.82, 2.24) is 9.88 Å². The van der Waals surface area contributed by atoms with E-state index < -0.39 is 5.60 Å². The average molecular weight is 348 g/mol. The highest BCUT2D eigenvalue weighted by Crippen LogP contribution is 2.23. The molecule has 6 heteroatoms. The predicted molar refractivity (Wildman–Crippen MR) is 96.6 cm³/mol. The Balaban J connectivity index is 1.63. The summed E-state index contributed by atoms with van der Waals surface area (Å²) in [6.07, 6.45) is 0.653. The summed E-state index contributed by atoms with van der Waals surface area (Å²) >= 11 is 5.91. The number of aromatic nitrogens is 1. The van der Waals surface area contributed by atoms with Gasteiger partial charge >= 0.3 is 6.09 Å². The molecule has 128 valence electrons. The second-order valence-corrected chi connectivity index (χ2v) is 7.48. The Morgan fingerprint density at radius 1 is 1.33 bits per heavy atom. The lowest BCUT2D eigenvalue weighted by Crippen LogP contribution is -2.36. The van der Waals surface area contributed by atoms with E-state index in [2.05, 4.69) is 16.4 Å². The highest BCUT2D eigenvalue weighted by atomic mass is 35.5. The average Bonchev–Trinajstić information content (AvgIpc) is 2.94. The zero-order valence-corrected chi connectivity index (χ0v) is 14.9. The Morgan fingerprint density at radius 3 is 2.88 bits per heavy atom. The summed E-state index contributed by atoms with van der Waals surface area (Å²) in [5.74, 6) is 0. The molecule has 1 N–H and O–H groups in total. The van der Waals surface area contributed by atoms with Crippen LogP contribution in [0.25, 0.3) is 10.9 Å². The van der Waals surface area contributed by atoms with Crippen LogP contribution in [0.3, 0.4) is 0 Å². The van der Waals surface area contributed by atoms with Crippen molar-refractivity contribution in [2.45, 2.75) is 38.8 Å². The Kier molecular flexibility index (Phi) is 4.54. The third-order valence-corrected chi connectivity index (χ3v) is 4.08. The van der Waals surface area contributed by atoms with Crippen LogP contribution in [0.1, 0.15) is 27.2 Å². The minimum absolute atomic E-state index is 0.218. The number of rotatable bonds is 2. The maximum absolute atomic E-state index is 12.1. The first kappa shape index (κ1) is 16.8. The first-order chi connectivity index (χ1) is 11.3. The minimum Gasteiger partial charge on any atom is -0.444 e. The van der Waals surface area contributed by atoms with Crippen LogP contribution in [0, 0.1) is 0 Å². The van der Waals surface area contributed by atoms with Crippen LogP contribution in [0.4, 0.5) is 10.5 Å². The lowest BCUT2D eigenvalue weighted by atomic mass is 10.2. The molecule has 1 atom stereocenters. The van der Waals surface area contributed by atoms with Crippen LogP contribution in [0.15, 0.2) is 30.3 Å². The normalized spacial score (nSPS) is 18.0. The summed E-state index contributed by atoms with van der Waals surface area (Å²) in [7, 11) is 0. The molecular formula is C18H22ClN3O2. The first-order valence-corrected chi connectivity index (χ1v) is 8.49. The second-order valence-electron chi connectivity index (χ2n) is 7.10. The Bertz CT molecular complexity index is 758. The molecule has 1 fully saturated rings. The monoisotopic (exact) mass is 347 g/mol. The van der Waals surface area contributed by atoms with Crippen molar-refractivity contribution >= 4 is 34.3 Å². The van der Waals surface area contributed by atoms with Crippen molar-refractivity contribution in [1.29, 1.82) is 0 Å². The Labute approximate surface area is 146 Å². The summed E-state index contributed by atoms with van der Waals surface area (Å²) in [5, 5.41) is 5.01. The lowest BCUT2D eigenvalue weighted by Gasteiger charge is -2.24. The molecule has 0 bridgehead atoms. The quantitative estimate of drug-likeness (QED) is 0.822. The summed E-state index contributed by atoms with van der Waals surface area (Å²) in [6.45, 7) is 6.99. The number of likely N-dealkylation sites (tertiary alicyclic amines) is 1. The molecule has 5 nitrogen and oxygen atoms in total. The van der Waals surface area contributed by atoms with E-state index >= 15 is 0 Å². The maximum atomic E-state index is 12.1. The molecule has 1 aliphatic rings. The van der Waals surface area contributed by atoms with Gasteiger partial charge in [0.1, 0.15) is 10.8 Å². The lowest BCUT2D eigenvalue weighted by molar-refractivity contribution is 0.0293. The molecule has 24 heavy (non-hydrogen) atoms. The van der Waals surface area contributed by atoms with Crippen molar-refractivity contribution in [3.8, 4) is 0 Å².